The molecule has 0 aromatic heterocycles. The molecule has 2 N–H and O–H groups in total. The Kier molecular flexibility index (Phi) is 19.3. The number of carbonyl (C=O) groups excluding carboxylic acids is 2. The lowest BCUT2D eigenvalue weighted by Crippen LogP contribution is -2.28. The second-order valence-electron chi connectivity index (χ2n) is 8.36. The van der Waals surface area contributed by atoms with Crippen molar-refractivity contribution >= 4 is 11.7 Å². The number of ketones is 1. The van der Waals surface area contributed by atoms with E-state index in [2.05, 4.69) is 6.92 Å². The third kappa shape index (κ3) is 18.3. The summed E-state index contributed by atoms with van der Waals surface area (Å²) in [6, 6.07) is 0. The minimum atomic E-state index is -0.564. The molecule has 0 fully saturated rings. The number of nitrogens with two attached hydrogens (primary N) is 1. The van der Waals surface area contributed by atoms with Gasteiger partial charge in [-0.2, -0.15) is 0 Å². The van der Waals surface area contributed by atoms with Crippen molar-refractivity contribution in [1.82, 2.24) is 0 Å². The second kappa shape index (κ2) is 19.9. The molecule has 0 aliphatic heterocycles. The van der Waals surface area contributed by atoms with Crippen molar-refractivity contribution in [1.29, 1.82) is 0 Å². The van der Waals surface area contributed by atoms with Crippen molar-refractivity contribution in [3.63, 3.8) is 0 Å². The first-order chi connectivity index (χ1) is 13.1. The fourth-order valence-corrected chi connectivity index (χ4v) is 3.80. The van der Waals surface area contributed by atoms with Gasteiger partial charge in [-0.3, -0.25) is 9.59 Å². The van der Waals surface area contributed by atoms with Crippen molar-refractivity contribution in [2.45, 2.75) is 136 Å². The molecule has 0 aliphatic rings. The maximum Gasteiger partial charge on any atom is 0.227 e. The van der Waals surface area contributed by atoms with E-state index >= 15 is 0 Å². The molecule has 27 heavy (non-hydrogen) atoms. The summed E-state index contributed by atoms with van der Waals surface area (Å²) in [5.41, 5.74) is 5.25. The number of amides is 1. The molecule has 1 atom stereocenters. The first-order valence-electron chi connectivity index (χ1n) is 11.9. The molecule has 160 valence electrons. The molecule has 0 heterocycles. The van der Waals surface area contributed by atoms with E-state index in [9.17, 15) is 9.59 Å². The van der Waals surface area contributed by atoms with Gasteiger partial charge in [0.05, 0.1) is 5.92 Å². The summed E-state index contributed by atoms with van der Waals surface area (Å²) in [6.07, 6.45) is 24.8. The number of carbonyl (C=O) groups is 2. The number of rotatable bonds is 21. The number of hydrogen-bond acceptors (Lipinski definition) is 2. The molecule has 0 radical (unpaired) electrons. The van der Waals surface area contributed by atoms with Crippen LogP contribution in [0.4, 0.5) is 0 Å². The van der Waals surface area contributed by atoms with E-state index in [1.807, 2.05) is 0 Å². The van der Waals surface area contributed by atoms with Crippen LogP contribution < -0.4 is 5.73 Å². The van der Waals surface area contributed by atoms with E-state index < -0.39 is 11.8 Å². The zero-order valence-electron chi connectivity index (χ0n) is 18.4. The normalized spacial score (nSPS) is 12.2. The minimum Gasteiger partial charge on any atom is -0.369 e. The average Bonchev–Trinajstić information content (AvgIpc) is 2.63. The van der Waals surface area contributed by atoms with Gasteiger partial charge in [-0.1, -0.05) is 122 Å². The van der Waals surface area contributed by atoms with Crippen LogP contribution in [-0.4, -0.2) is 11.7 Å². The van der Waals surface area contributed by atoms with Gasteiger partial charge < -0.3 is 5.73 Å². The van der Waals surface area contributed by atoms with Crippen LogP contribution in [0, 0.1) is 5.92 Å². The number of hydrogen-bond donors (Lipinski definition) is 1. The Morgan fingerprint density at radius 2 is 0.889 bits per heavy atom. The monoisotopic (exact) mass is 381 g/mol. The van der Waals surface area contributed by atoms with Crippen molar-refractivity contribution in [3.8, 4) is 0 Å². The van der Waals surface area contributed by atoms with Gasteiger partial charge in [-0.05, 0) is 13.3 Å². The molecule has 1 amide bonds. The topological polar surface area (TPSA) is 60.2 Å². The summed E-state index contributed by atoms with van der Waals surface area (Å²) in [5.74, 6) is -1.12. The van der Waals surface area contributed by atoms with E-state index in [0.29, 0.717) is 6.42 Å². The van der Waals surface area contributed by atoms with Gasteiger partial charge in [-0.25, -0.2) is 0 Å². The van der Waals surface area contributed by atoms with Crippen LogP contribution in [0.5, 0.6) is 0 Å². The van der Waals surface area contributed by atoms with Crippen molar-refractivity contribution in [3.05, 3.63) is 0 Å². The highest BCUT2D eigenvalue weighted by Crippen LogP contribution is 2.16. The van der Waals surface area contributed by atoms with E-state index in [1.54, 1.807) is 0 Å². The van der Waals surface area contributed by atoms with Gasteiger partial charge in [0.25, 0.3) is 0 Å². The van der Waals surface area contributed by atoms with Gasteiger partial charge in [0, 0.05) is 0 Å². The Balaban J connectivity index is 3.19. The molecule has 0 aliphatic carbocycles. The summed E-state index contributed by atoms with van der Waals surface area (Å²) >= 11 is 0. The van der Waals surface area contributed by atoms with E-state index in [-0.39, 0.29) is 5.78 Å². The van der Waals surface area contributed by atoms with Crippen LogP contribution in [0.1, 0.15) is 136 Å². The van der Waals surface area contributed by atoms with Gasteiger partial charge in [0.15, 0.2) is 0 Å². The minimum absolute atomic E-state index is 0.0885. The first-order valence-corrected chi connectivity index (χ1v) is 11.9. The number of Topliss-reactive ketones (excluding diaryl/α,β-unsaturated/α-hetero) is 1. The Bertz CT molecular complexity index is 340. The molecular weight excluding hydrogens is 334 g/mol. The van der Waals surface area contributed by atoms with Crippen LogP contribution in [0.2, 0.25) is 0 Å². The fourth-order valence-electron chi connectivity index (χ4n) is 3.80. The molecular formula is C24H47NO2. The standard InChI is InChI=1S/C24H47NO2/c1-3-4-5-6-7-8-9-10-11-12-13-14-15-16-17-18-19-20-21-23(22(2)26)24(25)27/h23H,3-21H2,1-2H3,(H2,25,27). The smallest absolute Gasteiger partial charge is 0.227 e. The highest BCUT2D eigenvalue weighted by Gasteiger charge is 2.19. The summed E-state index contributed by atoms with van der Waals surface area (Å²) in [6.45, 7) is 3.74. The van der Waals surface area contributed by atoms with Gasteiger partial charge >= 0.3 is 0 Å². The Hall–Kier alpha value is -0.860. The molecule has 0 rings (SSSR count). The quantitative estimate of drug-likeness (QED) is 0.170. The number of unbranched alkanes of at least 4 members (excludes halogenated alkanes) is 17. The van der Waals surface area contributed by atoms with Crippen LogP contribution >= 0.6 is 0 Å². The first kappa shape index (κ1) is 26.1. The third-order valence-corrected chi connectivity index (χ3v) is 5.68. The lowest BCUT2D eigenvalue weighted by Gasteiger charge is -2.09. The molecule has 0 aromatic carbocycles. The Morgan fingerprint density at radius 3 is 1.15 bits per heavy atom. The highest BCUT2D eigenvalue weighted by molar-refractivity contribution is 5.99. The van der Waals surface area contributed by atoms with E-state index in [4.69, 9.17) is 5.73 Å². The lowest BCUT2D eigenvalue weighted by molar-refractivity contribution is -0.131. The summed E-state index contributed by atoms with van der Waals surface area (Å²) < 4.78 is 0. The predicted molar refractivity (Wildman–Crippen MR) is 117 cm³/mol. The summed E-state index contributed by atoms with van der Waals surface area (Å²) in [5, 5.41) is 0. The van der Waals surface area contributed by atoms with E-state index in [1.165, 1.54) is 110 Å². The Labute approximate surface area is 169 Å². The summed E-state index contributed by atoms with van der Waals surface area (Å²) in [4.78, 5) is 22.5. The fraction of sp³-hybridized carbons (Fsp3) is 0.917. The lowest BCUT2D eigenvalue weighted by atomic mass is 9.96. The van der Waals surface area contributed by atoms with Crippen molar-refractivity contribution in [2.24, 2.45) is 11.7 Å². The zero-order valence-corrected chi connectivity index (χ0v) is 18.4. The highest BCUT2D eigenvalue weighted by atomic mass is 16.2. The largest absolute Gasteiger partial charge is 0.369 e. The Morgan fingerprint density at radius 1 is 0.593 bits per heavy atom. The van der Waals surface area contributed by atoms with Crippen molar-refractivity contribution < 1.29 is 9.59 Å². The van der Waals surface area contributed by atoms with E-state index in [0.717, 1.165) is 12.8 Å². The molecule has 0 bridgehead atoms. The SMILES string of the molecule is CCCCCCCCCCCCCCCCCCCCC(C(C)=O)C(N)=O. The maximum absolute atomic E-state index is 11.3. The van der Waals surface area contributed by atoms with Crippen LogP contribution in [-0.2, 0) is 9.59 Å². The summed E-state index contributed by atoms with van der Waals surface area (Å²) in [7, 11) is 0. The van der Waals surface area contributed by atoms with Gasteiger partial charge in [0.2, 0.25) is 5.91 Å². The molecule has 0 spiro atoms. The molecule has 3 nitrogen and oxygen atoms in total. The maximum atomic E-state index is 11.3. The number of primary amides is 1. The van der Waals surface area contributed by atoms with Crippen LogP contribution in [0.3, 0.4) is 0 Å². The molecule has 3 heteroatoms. The van der Waals surface area contributed by atoms with Crippen LogP contribution in [0.25, 0.3) is 0 Å². The van der Waals surface area contributed by atoms with Gasteiger partial charge in [-0.15, -0.1) is 0 Å². The molecule has 0 saturated heterocycles. The second-order valence-corrected chi connectivity index (χ2v) is 8.36. The van der Waals surface area contributed by atoms with Gasteiger partial charge in [0.1, 0.15) is 5.78 Å². The molecule has 0 saturated carbocycles. The zero-order chi connectivity index (χ0) is 20.2. The third-order valence-electron chi connectivity index (χ3n) is 5.68. The molecule has 0 aromatic rings. The van der Waals surface area contributed by atoms with Crippen LogP contribution in [0.15, 0.2) is 0 Å². The molecule has 1 unspecified atom stereocenters. The average molecular weight is 382 g/mol. The van der Waals surface area contributed by atoms with Crippen molar-refractivity contribution in [2.75, 3.05) is 0 Å². The predicted octanol–water partition coefficient (Wildman–Crippen LogP) is 7.11.